The Morgan fingerprint density at radius 3 is 2.41 bits per heavy atom. The highest BCUT2D eigenvalue weighted by atomic mass is 32.2. The zero-order chi connectivity index (χ0) is 15.5. The average Bonchev–Trinajstić information content (AvgIpc) is 3.04. The molecule has 2 nitrogen and oxygen atoms in total. The molecule has 0 saturated heterocycles. The zero-order valence-corrected chi connectivity index (χ0v) is 13.8. The maximum absolute atomic E-state index is 13.2. The maximum Gasteiger partial charge on any atom is 0.0832 e. The quantitative estimate of drug-likeness (QED) is 0.838. The van der Waals surface area contributed by atoms with Crippen LogP contribution in [0.5, 0.6) is 0 Å². The minimum Gasteiger partial charge on any atom is -0.377 e. The van der Waals surface area contributed by atoms with Crippen molar-refractivity contribution in [1.29, 1.82) is 0 Å². The molecule has 3 rings (SSSR count). The smallest absolute Gasteiger partial charge is 0.0832 e. The van der Waals surface area contributed by atoms with Crippen molar-refractivity contribution in [3.05, 3.63) is 71.1 Å². The van der Waals surface area contributed by atoms with Gasteiger partial charge < -0.3 is 4.90 Å². The second kappa shape index (κ2) is 6.49. The maximum atomic E-state index is 13.2. The summed E-state index contributed by atoms with van der Waals surface area (Å²) < 4.78 is 13.2. The number of rotatable bonds is 4. The predicted molar refractivity (Wildman–Crippen MR) is 93.7 cm³/mol. The molecular formula is C19H21NOS. The van der Waals surface area contributed by atoms with E-state index in [9.17, 15) is 4.21 Å². The highest BCUT2D eigenvalue weighted by Gasteiger charge is 2.27. The van der Waals surface area contributed by atoms with E-state index >= 15 is 0 Å². The first kappa shape index (κ1) is 15.0. The summed E-state index contributed by atoms with van der Waals surface area (Å²) in [5.74, 6) is 0.275. The normalized spacial score (nSPS) is 18.8. The van der Waals surface area contributed by atoms with E-state index in [0.29, 0.717) is 0 Å². The molecule has 0 fully saturated rings. The van der Waals surface area contributed by atoms with Gasteiger partial charge in [-0.05, 0) is 30.5 Å². The van der Waals surface area contributed by atoms with Crippen LogP contribution in [0.2, 0.25) is 0 Å². The van der Waals surface area contributed by atoms with E-state index in [1.807, 2.05) is 49.3 Å². The van der Waals surface area contributed by atoms with Gasteiger partial charge in [-0.1, -0.05) is 48.5 Å². The van der Waals surface area contributed by atoms with Crippen molar-refractivity contribution in [3.8, 4) is 0 Å². The highest BCUT2D eigenvalue weighted by Crippen LogP contribution is 2.40. The molecule has 2 aromatic rings. The molecule has 0 radical (unpaired) electrons. The lowest BCUT2D eigenvalue weighted by Gasteiger charge is -2.20. The molecule has 0 aliphatic heterocycles. The number of allylic oxidation sites excluding steroid dienone is 2. The number of para-hydroxylation sites is 1. The molecule has 0 saturated carbocycles. The Morgan fingerprint density at radius 2 is 1.68 bits per heavy atom. The lowest BCUT2D eigenvalue weighted by atomic mass is 9.99. The Balaban J connectivity index is 1.96. The topological polar surface area (TPSA) is 20.3 Å². The van der Waals surface area contributed by atoms with E-state index < -0.39 is 10.8 Å². The van der Waals surface area contributed by atoms with Gasteiger partial charge in [-0.2, -0.15) is 0 Å². The molecule has 0 aromatic heterocycles. The molecule has 1 aliphatic rings. The van der Waals surface area contributed by atoms with Gasteiger partial charge in [0.2, 0.25) is 0 Å². The second-order valence-electron chi connectivity index (χ2n) is 5.78. The largest absolute Gasteiger partial charge is 0.377 e. The first-order chi connectivity index (χ1) is 10.7. The van der Waals surface area contributed by atoms with Crippen LogP contribution in [0, 0.1) is 0 Å². The van der Waals surface area contributed by atoms with Crippen molar-refractivity contribution in [1.82, 2.24) is 0 Å². The third-order valence-electron chi connectivity index (χ3n) is 4.11. The predicted octanol–water partition coefficient (Wildman–Crippen LogP) is 4.32. The van der Waals surface area contributed by atoms with Crippen LogP contribution < -0.4 is 4.90 Å². The molecule has 3 heteroatoms. The molecule has 22 heavy (non-hydrogen) atoms. The van der Waals surface area contributed by atoms with Crippen molar-refractivity contribution in [2.24, 2.45) is 0 Å². The fraction of sp³-hybridized carbons (Fsp3) is 0.263. The van der Waals surface area contributed by atoms with E-state index in [2.05, 4.69) is 30.3 Å². The lowest BCUT2D eigenvalue weighted by molar-refractivity contribution is 0.682. The summed E-state index contributed by atoms with van der Waals surface area (Å²) in [5.41, 5.74) is 2.29. The fourth-order valence-corrected chi connectivity index (χ4v) is 4.69. The second-order valence-corrected chi connectivity index (χ2v) is 7.23. The molecule has 2 aromatic carbocycles. The van der Waals surface area contributed by atoms with Gasteiger partial charge in [0.05, 0.1) is 21.4 Å². The fourth-order valence-electron chi connectivity index (χ4n) is 3.01. The van der Waals surface area contributed by atoms with Gasteiger partial charge in [0, 0.05) is 24.9 Å². The molecule has 2 atom stereocenters. The van der Waals surface area contributed by atoms with Gasteiger partial charge in [0.25, 0.3) is 0 Å². The molecule has 0 heterocycles. The standard InChI is InChI=1S/C19H21NOS/c1-20(2)17-12-6-7-13-19(17)22(21)18-14-8-11-16(18)15-9-4-3-5-10-15/h3-7,9-10,12-14,16H,8,11H2,1-2H3/t16-,22-/m1/s1. The molecule has 0 spiro atoms. The molecule has 0 N–H and O–H groups in total. The third-order valence-corrected chi connectivity index (χ3v) is 5.73. The van der Waals surface area contributed by atoms with Crippen molar-refractivity contribution >= 4 is 16.5 Å². The van der Waals surface area contributed by atoms with Gasteiger partial charge in [0.1, 0.15) is 0 Å². The van der Waals surface area contributed by atoms with E-state index in [1.165, 1.54) is 5.56 Å². The SMILES string of the molecule is CN(C)c1ccccc1[S@](=O)C1=CCC[C@@H]1c1ccccc1. The first-order valence-corrected chi connectivity index (χ1v) is 8.76. The number of benzene rings is 2. The van der Waals surface area contributed by atoms with Crippen LogP contribution in [-0.4, -0.2) is 18.3 Å². The summed E-state index contributed by atoms with van der Waals surface area (Å²) in [6.45, 7) is 0. The molecule has 0 bridgehead atoms. The van der Waals surface area contributed by atoms with Crippen LogP contribution in [0.15, 0.2) is 70.5 Å². The van der Waals surface area contributed by atoms with E-state index in [1.54, 1.807) is 0 Å². The monoisotopic (exact) mass is 311 g/mol. The van der Waals surface area contributed by atoms with Gasteiger partial charge in [-0.25, -0.2) is 4.21 Å². The van der Waals surface area contributed by atoms with Crippen molar-refractivity contribution in [3.63, 3.8) is 0 Å². The first-order valence-electron chi connectivity index (χ1n) is 7.61. The number of nitrogens with zero attached hydrogens (tertiary/aromatic N) is 1. The Hall–Kier alpha value is -1.87. The third kappa shape index (κ3) is 2.86. The van der Waals surface area contributed by atoms with Gasteiger partial charge in [0.15, 0.2) is 0 Å². The summed E-state index contributed by atoms with van der Waals surface area (Å²) in [6, 6.07) is 18.4. The minimum absolute atomic E-state index is 0.275. The summed E-state index contributed by atoms with van der Waals surface area (Å²) in [5, 5.41) is 0. The minimum atomic E-state index is -1.10. The lowest BCUT2D eigenvalue weighted by Crippen LogP contribution is -2.13. The summed E-state index contributed by atoms with van der Waals surface area (Å²) >= 11 is 0. The van der Waals surface area contributed by atoms with E-state index in [-0.39, 0.29) is 5.92 Å². The Kier molecular flexibility index (Phi) is 4.44. The van der Waals surface area contributed by atoms with Crippen molar-refractivity contribution < 1.29 is 4.21 Å². The van der Waals surface area contributed by atoms with Crippen LogP contribution >= 0.6 is 0 Å². The van der Waals surface area contributed by atoms with Crippen LogP contribution in [0.4, 0.5) is 5.69 Å². The van der Waals surface area contributed by atoms with Crippen molar-refractivity contribution in [2.75, 3.05) is 19.0 Å². The Labute approximate surface area is 134 Å². The highest BCUT2D eigenvalue weighted by molar-refractivity contribution is 7.89. The number of hydrogen-bond acceptors (Lipinski definition) is 2. The Morgan fingerprint density at radius 1 is 1.00 bits per heavy atom. The van der Waals surface area contributed by atoms with E-state index in [0.717, 1.165) is 28.3 Å². The van der Waals surface area contributed by atoms with Crippen LogP contribution in [0.1, 0.15) is 24.3 Å². The van der Waals surface area contributed by atoms with Gasteiger partial charge in [-0.3, -0.25) is 0 Å². The summed E-state index contributed by atoms with van der Waals surface area (Å²) in [4.78, 5) is 3.99. The summed E-state index contributed by atoms with van der Waals surface area (Å²) in [6.07, 6.45) is 4.22. The summed E-state index contributed by atoms with van der Waals surface area (Å²) in [7, 11) is 2.89. The average molecular weight is 311 g/mol. The molecule has 114 valence electrons. The van der Waals surface area contributed by atoms with Gasteiger partial charge in [-0.15, -0.1) is 0 Å². The van der Waals surface area contributed by atoms with Crippen LogP contribution in [-0.2, 0) is 10.8 Å². The number of hydrogen-bond donors (Lipinski definition) is 0. The van der Waals surface area contributed by atoms with Crippen LogP contribution in [0.3, 0.4) is 0 Å². The molecule has 0 amide bonds. The van der Waals surface area contributed by atoms with Gasteiger partial charge >= 0.3 is 0 Å². The number of anilines is 1. The Bertz CT molecular complexity index is 706. The van der Waals surface area contributed by atoms with Crippen molar-refractivity contribution in [2.45, 2.75) is 23.7 Å². The van der Waals surface area contributed by atoms with Crippen LogP contribution in [0.25, 0.3) is 0 Å². The molecular weight excluding hydrogens is 290 g/mol. The zero-order valence-electron chi connectivity index (χ0n) is 13.0. The molecule has 0 unspecified atom stereocenters. The van der Waals surface area contributed by atoms with E-state index in [4.69, 9.17) is 0 Å². The molecule has 1 aliphatic carbocycles.